The number of ether oxygens (including phenoxy) is 2. The first kappa shape index (κ1) is 15.1. The van der Waals surface area contributed by atoms with Crippen LogP contribution in [0.3, 0.4) is 0 Å². The molecule has 4 heteroatoms. The molecule has 1 saturated heterocycles. The highest BCUT2D eigenvalue weighted by molar-refractivity contribution is 5.51. The van der Waals surface area contributed by atoms with Crippen LogP contribution in [0.5, 0.6) is 5.75 Å². The Morgan fingerprint density at radius 1 is 1.40 bits per heavy atom. The van der Waals surface area contributed by atoms with Crippen molar-refractivity contribution in [1.82, 2.24) is 4.90 Å². The van der Waals surface area contributed by atoms with E-state index in [2.05, 4.69) is 11.8 Å². The number of hydrogen-bond acceptors (Lipinski definition) is 4. The van der Waals surface area contributed by atoms with E-state index in [-0.39, 0.29) is 0 Å². The molecule has 0 bridgehead atoms. The van der Waals surface area contributed by atoms with Crippen LogP contribution in [0.25, 0.3) is 0 Å². The first-order valence-electron chi connectivity index (χ1n) is 7.61. The largest absolute Gasteiger partial charge is 0.491 e. The van der Waals surface area contributed by atoms with Gasteiger partial charge < -0.3 is 20.1 Å². The Bertz CT molecular complexity index is 392. The van der Waals surface area contributed by atoms with Crippen molar-refractivity contribution in [3.63, 3.8) is 0 Å². The summed E-state index contributed by atoms with van der Waals surface area (Å²) in [5, 5.41) is 0. The second kappa shape index (κ2) is 8.12. The summed E-state index contributed by atoms with van der Waals surface area (Å²) >= 11 is 0. The lowest BCUT2D eigenvalue weighted by atomic mass is 10.2. The average Bonchev–Trinajstić information content (AvgIpc) is 2.97. The minimum atomic E-state index is 0.431. The van der Waals surface area contributed by atoms with Crippen molar-refractivity contribution < 1.29 is 9.47 Å². The van der Waals surface area contributed by atoms with Crippen molar-refractivity contribution in [2.75, 3.05) is 38.6 Å². The molecule has 1 aliphatic rings. The molecule has 112 valence electrons. The van der Waals surface area contributed by atoms with Crippen molar-refractivity contribution in [2.24, 2.45) is 0 Å². The van der Waals surface area contributed by atoms with Crippen molar-refractivity contribution in [3.8, 4) is 5.75 Å². The number of nitrogens with two attached hydrogens (primary N) is 1. The molecule has 20 heavy (non-hydrogen) atoms. The van der Waals surface area contributed by atoms with Gasteiger partial charge in [0.1, 0.15) is 5.75 Å². The van der Waals surface area contributed by atoms with Crippen LogP contribution in [0.2, 0.25) is 0 Å². The molecule has 0 aromatic heterocycles. The Balaban J connectivity index is 1.64. The van der Waals surface area contributed by atoms with Crippen LogP contribution in [0.15, 0.2) is 24.3 Å². The van der Waals surface area contributed by atoms with E-state index in [9.17, 15) is 0 Å². The fraction of sp³-hybridized carbons (Fsp3) is 0.625. The van der Waals surface area contributed by atoms with E-state index in [0.717, 1.165) is 38.4 Å². The van der Waals surface area contributed by atoms with E-state index < -0.39 is 0 Å². The highest BCUT2D eigenvalue weighted by Gasteiger charge is 2.18. The molecule has 1 aliphatic heterocycles. The van der Waals surface area contributed by atoms with Gasteiger partial charge in [-0.1, -0.05) is 19.1 Å². The number of rotatable bonds is 8. The number of nitrogen functional groups attached to an aromatic ring is 1. The van der Waals surface area contributed by atoms with Gasteiger partial charge in [-0.2, -0.15) is 0 Å². The number of para-hydroxylation sites is 2. The van der Waals surface area contributed by atoms with Crippen LogP contribution in [0.4, 0.5) is 5.69 Å². The molecule has 1 fully saturated rings. The van der Waals surface area contributed by atoms with Gasteiger partial charge in [0.05, 0.1) is 18.4 Å². The molecule has 1 unspecified atom stereocenters. The van der Waals surface area contributed by atoms with Gasteiger partial charge in [0, 0.05) is 19.7 Å². The molecular weight excluding hydrogens is 252 g/mol. The predicted octanol–water partition coefficient (Wildman–Crippen LogP) is 2.54. The van der Waals surface area contributed by atoms with E-state index in [1.165, 1.54) is 12.8 Å². The fourth-order valence-corrected chi connectivity index (χ4v) is 2.54. The maximum absolute atomic E-state index is 5.85. The van der Waals surface area contributed by atoms with Crippen molar-refractivity contribution >= 4 is 5.69 Å². The number of benzene rings is 1. The Morgan fingerprint density at radius 3 is 2.95 bits per heavy atom. The fourth-order valence-electron chi connectivity index (χ4n) is 2.54. The maximum atomic E-state index is 5.85. The monoisotopic (exact) mass is 278 g/mol. The third kappa shape index (κ3) is 4.69. The summed E-state index contributed by atoms with van der Waals surface area (Å²) in [6.07, 6.45) is 3.85. The van der Waals surface area contributed by atoms with Crippen LogP contribution >= 0.6 is 0 Å². The molecule has 0 radical (unpaired) electrons. The summed E-state index contributed by atoms with van der Waals surface area (Å²) < 4.78 is 11.4. The molecule has 2 rings (SSSR count). The predicted molar refractivity (Wildman–Crippen MR) is 82.1 cm³/mol. The van der Waals surface area contributed by atoms with Gasteiger partial charge in [-0.25, -0.2) is 0 Å². The summed E-state index contributed by atoms with van der Waals surface area (Å²) in [5.41, 5.74) is 6.55. The van der Waals surface area contributed by atoms with Gasteiger partial charge in [0.15, 0.2) is 0 Å². The number of anilines is 1. The number of hydrogen-bond donors (Lipinski definition) is 1. The van der Waals surface area contributed by atoms with Gasteiger partial charge in [-0.3, -0.25) is 0 Å². The van der Waals surface area contributed by atoms with Crippen LogP contribution in [-0.4, -0.2) is 43.9 Å². The molecule has 1 atom stereocenters. The van der Waals surface area contributed by atoms with Crippen molar-refractivity contribution in [3.05, 3.63) is 24.3 Å². The highest BCUT2D eigenvalue weighted by atomic mass is 16.5. The zero-order valence-corrected chi connectivity index (χ0v) is 12.4. The Labute approximate surface area is 121 Å². The third-order valence-corrected chi connectivity index (χ3v) is 3.73. The van der Waals surface area contributed by atoms with Gasteiger partial charge in [-0.15, -0.1) is 0 Å². The van der Waals surface area contributed by atoms with Gasteiger partial charge in [0.25, 0.3) is 0 Å². The Morgan fingerprint density at radius 2 is 2.25 bits per heavy atom. The van der Waals surface area contributed by atoms with E-state index in [0.29, 0.717) is 18.4 Å². The van der Waals surface area contributed by atoms with E-state index in [1.807, 2.05) is 24.3 Å². The molecule has 0 saturated carbocycles. The number of nitrogens with zero attached hydrogens (tertiary/aromatic N) is 1. The second-order valence-electron chi connectivity index (χ2n) is 5.27. The first-order chi connectivity index (χ1) is 9.79. The zero-order valence-electron chi connectivity index (χ0n) is 12.4. The van der Waals surface area contributed by atoms with Gasteiger partial charge in [-0.05, 0) is 37.9 Å². The van der Waals surface area contributed by atoms with Crippen LogP contribution < -0.4 is 10.5 Å². The van der Waals surface area contributed by atoms with Crippen molar-refractivity contribution in [2.45, 2.75) is 32.3 Å². The molecule has 0 amide bonds. The summed E-state index contributed by atoms with van der Waals surface area (Å²) in [4.78, 5) is 2.44. The van der Waals surface area contributed by atoms with E-state index >= 15 is 0 Å². The minimum Gasteiger partial charge on any atom is -0.491 e. The summed E-state index contributed by atoms with van der Waals surface area (Å²) in [5.74, 6) is 0.787. The lowest BCUT2D eigenvalue weighted by Gasteiger charge is -2.23. The Hall–Kier alpha value is -1.26. The highest BCUT2D eigenvalue weighted by Crippen LogP contribution is 2.19. The summed E-state index contributed by atoms with van der Waals surface area (Å²) in [7, 11) is 0. The molecule has 1 aromatic carbocycles. The van der Waals surface area contributed by atoms with Gasteiger partial charge in [0.2, 0.25) is 0 Å². The zero-order chi connectivity index (χ0) is 14.2. The molecule has 1 aromatic rings. The standard InChI is InChI=1S/C16H26N2O2/c1-2-18(13-14-7-5-11-19-14)10-6-12-20-16-9-4-3-8-15(16)17/h3-4,8-9,14H,2,5-7,10-13,17H2,1H3. The smallest absolute Gasteiger partial charge is 0.142 e. The van der Waals surface area contributed by atoms with Crippen LogP contribution in [-0.2, 0) is 4.74 Å². The second-order valence-corrected chi connectivity index (χ2v) is 5.27. The van der Waals surface area contributed by atoms with Crippen molar-refractivity contribution in [1.29, 1.82) is 0 Å². The SMILES string of the molecule is CCN(CCCOc1ccccc1N)CC1CCCO1. The molecule has 0 aliphatic carbocycles. The summed E-state index contributed by atoms with van der Waals surface area (Å²) in [6.45, 7) is 6.99. The normalized spacial score (nSPS) is 18.6. The third-order valence-electron chi connectivity index (χ3n) is 3.73. The van der Waals surface area contributed by atoms with Crippen LogP contribution in [0.1, 0.15) is 26.2 Å². The molecule has 0 spiro atoms. The lowest BCUT2D eigenvalue weighted by molar-refractivity contribution is 0.0730. The summed E-state index contributed by atoms with van der Waals surface area (Å²) in [6, 6.07) is 7.65. The molecule has 4 nitrogen and oxygen atoms in total. The molecule has 1 heterocycles. The average molecular weight is 278 g/mol. The first-order valence-corrected chi connectivity index (χ1v) is 7.61. The maximum Gasteiger partial charge on any atom is 0.142 e. The molecule has 2 N–H and O–H groups in total. The van der Waals surface area contributed by atoms with Crippen LogP contribution in [0, 0.1) is 0 Å². The molecular formula is C16H26N2O2. The number of likely N-dealkylation sites (N-methyl/N-ethyl adjacent to an activating group) is 1. The van der Waals surface area contributed by atoms with Gasteiger partial charge >= 0.3 is 0 Å². The lowest BCUT2D eigenvalue weighted by Crippen LogP contribution is -2.33. The Kier molecular flexibility index (Phi) is 6.15. The van der Waals surface area contributed by atoms with E-state index in [1.54, 1.807) is 0 Å². The quantitative estimate of drug-likeness (QED) is 0.586. The van der Waals surface area contributed by atoms with E-state index in [4.69, 9.17) is 15.2 Å². The minimum absolute atomic E-state index is 0.431. The topological polar surface area (TPSA) is 47.7 Å².